The minimum Gasteiger partial charge on any atom is -0.337 e. The van der Waals surface area contributed by atoms with E-state index in [4.69, 9.17) is 0 Å². The van der Waals surface area contributed by atoms with E-state index in [1.807, 2.05) is 42.5 Å². The van der Waals surface area contributed by atoms with Gasteiger partial charge in [0.25, 0.3) is 5.91 Å². The maximum atomic E-state index is 12.8. The zero-order valence-electron chi connectivity index (χ0n) is 13.5. The molecule has 0 saturated carbocycles. The normalized spacial score (nSPS) is 11.5. The van der Waals surface area contributed by atoms with Gasteiger partial charge in [-0.15, -0.1) is 0 Å². The molecule has 25 heavy (non-hydrogen) atoms. The lowest BCUT2D eigenvalue weighted by Gasteiger charge is -2.18. The van der Waals surface area contributed by atoms with E-state index >= 15 is 0 Å². The van der Waals surface area contributed by atoms with Gasteiger partial charge in [-0.25, -0.2) is 0 Å². The third-order valence-corrected chi connectivity index (χ3v) is 4.02. The smallest absolute Gasteiger partial charge is 0.337 e. The molecule has 0 unspecified atom stereocenters. The Labute approximate surface area is 143 Å². The van der Waals surface area contributed by atoms with Crippen LogP contribution in [-0.2, 0) is 12.7 Å². The molecular weight excluding hydrogens is 327 g/mol. The molecule has 0 aliphatic carbocycles. The van der Waals surface area contributed by atoms with Crippen molar-refractivity contribution in [2.75, 3.05) is 7.05 Å². The number of benzene rings is 3. The average molecular weight is 343 g/mol. The molecule has 0 aliphatic rings. The standard InChI is InChI=1S/C20H16F3NO/c1-24(13-14-9-10-15-5-2-3-6-16(15)11-14)19(25)17-7-4-8-18(12-17)20(21,22)23/h2-12H,13H2,1H3. The molecule has 0 bridgehead atoms. The zero-order chi connectivity index (χ0) is 18.0. The molecule has 3 rings (SSSR count). The molecule has 0 N–H and O–H groups in total. The summed E-state index contributed by atoms with van der Waals surface area (Å²) in [5.41, 5.74) is 0.122. The fourth-order valence-corrected chi connectivity index (χ4v) is 2.73. The zero-order valence-corrected chi connectivity index (χ0v) is 13.5. The second-order valence-corrected chi connectivity index (χ2v) is 5.92. The summed E-state index contributed by atoms with van der Waals surface area (Å²) >= 11 is 0. The number of amides is 1. The summed E-state index contributed by atoms with van der Waals surface area (Å²) in [7, 11) is 1.58. The topological polar surface area (TPSA) is 20.3 Å². The third kappa shape index (κ3) is 3.82. The number of carbonyl (C=O) groups is 1. The van der Waals surface area contributed by atoms with Crippen LogP contribution in [0.4, 0.5) is 13.2 Å². The van der Waals surface area contributed by atoms with Gasteiger partial charge in [-0.3, -0.25) is 4.79 Å². The first kappa shape index (κ1) is 17.0. The van der Waals surface area contributed by atoms with Gasteiger partial charge in [-0.1, -0.05) is 42.5 Å². The van der Waals surface area contributed by atoms with E-state index in [9.17, 15) is 18.0 Å². The lowest BCUT2D eigenvalue weighted by Crippen LogP contribution is -2.26. The van der Waals surface area contributed by atoms with Gasteiger partial charge in [0.2, 0.25) is 0 Å². The third-order valence-electron chi connectivity index (χ3n) is 4.02. The number of hydrogen-bond donors (Lipinski definition) is 0. The molecular formula is C20H16F3NO. The molecule has 0 radical (unpaired) electrons. The Kier molecular flexibility index (Phi) is 4.49. The van der Waals surface area contributed by atoms with Gasteiger partial charge in [-0.05, 0) is 40.6 Å². The van der Waals surface area contributed by atoms with Gasteiger partial charge in [0.15, 0.2) is 0 Å². The van der Waals surface area contributed by atoms with Gasteiger partial charge in [0, 0.05) is 19.2 Å². The van der Waals surface area contributed by atoms with Gasteiger partial charge in [0.1, 0.15) is 0 Å². The van der Waals surface area contributed by atoms with Crippen LogP contribution in [0, 0.1) is 0 Å². The maximum absolute atomic E-state index is 12.8. The van der Waals surface area contributed by atoms with Crippen molar-refractivity contribution in [1.82, 2.24) is 4.90 Å². The Morgan fingerprint density at radius 1 is 0.920 bits per heavy atom. The van der Waals surface area contributed by atoms with Crippen molar-refractivity contribution < 1.29 is 18.0 Å². The lowest BCUT2D eigenvalue weighted by atomic mass is 10.1. The highest BCUT2D eigenvalue weighted by molar-refractivity contribution is 5.94. The molecule has 0 aromatic heterocycles. The van der Waals surface area contributed by atoms with Crippen molar-refractivity contribution in [3.8, 4) is 0 Å². The van der Waals surface area contributed by atoms with Crippen LogP contribution in [0.15, 0.2) is 66.7 Å². The molecule has 2 nitrogen and oxygen atoms in total. The molecule has 0 aliphatic heterocycles. The second kappa shape index (κ2) is 6.59. The number of rotatable bonds is 3. The van der Waals surface area contributed by atoms with Crippen molar-refractivity contribution in [2.24, 2.45) is 0 Å². The van der Waals surface area contributed by atoms with Crippen molar-refractivity contribution in [1.29, 1.82) is 0 Å². The summed E-state index contributed by atoms with van der Waals surface area (Å²) in [5.74, 6) is -0.445. The average Bonchev–Trinajstić information content (AvgIpc) is 2.60. The minimum absolute atomic E-state index is 0.0260. The summed E-state index contributed by atoms with van der Waals surface area (Å²) in [5, 5.41) is 2.15. The van der Waals surface area contributed by atoms with Gasteiger partial charge < -0.3 is 4.90 Å². The predicted octanol–water partition coefficient (Wildman–Crippen LogP) is 5.13. The first-order valence-electron chi connectivity index (χ1n) is 7.75. The number of fused-ring (bicyclic) bond motifs is 1. The first-order valence-corrected chi connectivity index (χ1v) is 7.75. The van der Waals surface area contributed by atoms with Crippen molar-refractivity contribution in [2.45, 2.75) is 12.7 Å². The Morgan fingerprint density at radius 2 is 1.64 bits per heavy atom. The molecule has 3 aromatic carbocycles. The summed E-state index contributed by atoms with van der Waals surface area (Å²) in [4.78, 5) is 13.9. The molecule has 0 heterocycles. The number of halogens is 3. The molecule has 1 amide bonds. The van der Waals surface area contributed by atoms with Crippen LogP contribution >= 0.6 is 0 Å². The van der Waals surface area contributed by atoms with E-state index in [1.165, 1.54) is 17.0 Å². The molecule has 0 saturated heterocycles. The fraction of sp³-hybridized carbons (Fsp3) is 0.150. The van der Waals surface area contributed by atoms with E-state index in [1.54, 1.807) is 7.05 Å². The van der Waals surface area contributed by atoms with E-state index in [2.05, 4.69) is 0 Å². The Balaban J connectivity index is 1.80. The van der Waals surface area contributed by atoms with E-state index in [0.29, 0.717) is 6.54 Å². The molecule has 5 heteroatoms. The Hall–Kier alpha value is -2.82. The monoisotopic (exact) mass is 343 g/mol. The van der Waals surface area contributed by atoms with Crippen LogP contribution in [-0.4, -0.2) is 17.9 Å². The van der Waals surface area contributed by atoms with E-state index in [0.717, 1.165) is 28.5 Å². The van der Waals surface area contributed by atoms with Crippen molar-refractivity contribution in [3.63, 3.8) is 0 Å². The highest BCUT2D eigenvalue weighted by Gasteiger charge is 2.31. The first-order chi connectivity index (χ1) is 11.8. The molecule has 128 valence electrons. The second-order valence-electron chi connectivity index (χ2n) is 5.92. The number of hydrogen-bond acceptors (Lipinski definition) is 1. The van der Waals surface area contributed by atoms with Crippen LogP contribution in [0.5, 0.6) is 0 Å². The van der Waals surface area contributed by atoms with Crippen LogP contribution in [0.2, 0.25) is 0 Å². The number of carbonyl (C=O) groups excluding carboxylic acids is 1. The van der Waals surface area contributed by atoms with Gasteiger partial charge >= 0.3 is 6.18 Å². The fourth-order valence-electron chi connectivity index (χ4n) is 2.73. The summed E-state index contributed by atoms with van der Waals surface area (Å²) in [6.45, 7) is 0.319. The minimum atomic E-state index is -4.47. The lowest BCUT2D eigenvalue weighted by molar-refractivity contribution is -0.137. The number of alkyl halides is 3. The molecule has 3 aromatic rings. The van der Waals surface area contributed by atoms with Gasteiger partial charge in [-0.2, -0.15) is 13.2 Å². The van der Waals surface area contributed by atoms with Crippen molar-refractivity contribution in [3.05, 3.63) is 83.4 Å². The van der Waals surface area contributed by atoms with Crippen LogP contribution in [0.1, 0.15) is 21.5 Å². The predicted molar refractivity (Wildman–Crippen MR) is 91.2 cm³/mol. The van der Waals surface area contributed by atoms with E-state index in [-0.39, 0.29) is 5.56 Å². The summed E-state index contributed by atoms with van der Waals surface area (Å²) in [6.07, 6.45) is -4.47. The SMILES string of the molecule is CN(Cc1ccc2ccccc2c1)C(=O)c1cccc(C(F)(F)F)c1. The van der Waals surface area contributed by atoms with Crippen LogP contribution in [0.3, 0.4) is 0 Å². The maximum Gasteiger partial charge on any atom is 0.416 e. The highest BCUT2D eigenvalue weighted by Crippen LogP contribution is 2.29. The number of nitrogens with zero attached hydrogens (tertiary/aromatic N) is 1. The van der Waals surface area contributed by atoms with E-state index < -0.39 is 17.6 Å². The van der Waals surface area contributed by atoms with Crippen LogP contribution < -0.4 is 0 Å². The van der Waals surface area contributed by atoms with Crippen molar-refractivity contribution >= 4 is 16.7 Å². The quantitative estimate of drug-likeness (QED) is 0.645. The Bertz CT molecular complexity index is 918. The van der Waals surface area contributed by atoms with Crippen LogP contribution in [0.25, 0.3) is 10.8 Å². The largest absolute Gasteiger partial charge is 0.416 e. The highest BCUT2D eigenvalue weighted by atomic mass is 19.4. The summed E-state index contributed by atoms with van der Waals surface area (Å²) in [6, 6.07) is 18.2. The molecule has 0 fully saturated rings. The summed E-state index contributed by atoms with van der Waals surface area (Å²) < 4.78 is 38.4. The molecule has 0 spiro atoms. The van der Waals surface area contributed by atoms with Gasteiger partial charge in [0.05, 0.1) is 5.56 Å². The Morgan fingerprint density at radius 3 is 2.36 bits per heavy atom. The molecule has 0 atom stereocenters.